The highest BCUT2D eigenvalue weighted by atomic mass is 35.5. The fourth-order valence-electron chi connectivity index (χ4n) is 2.54. The Hall–Kier alpha value is -2.99. The van der Waals surface area contributed by atoms with Gasteiger partial charge in [0.2, 0.25) is 5.91 Å². The van der Waals surface area contributed by atoms with Crippen LogP contribution in [0.1, 0.15) is 11.1 Å². The molecule has 7 heteroatoms. The van der Waals surface area contributed by atoms with Crippen LogP contribution in [0.3, 0.4) is 0 Å². The quantitative estimate of drug-likeness (QED) is 0.643. The first-order valence-electron chi connectivity index (χ1n) is 8.45. The molecule has 3 aromatic rings. The lowest BCUT2D eigenvalue weighted by Gasteiger charge is -2.07. The average Bonchev–Trinajstić information content (AvgIpc) is 2.63. The molecule has 0 saturated heterocycles. The normalized spacial score (nSPS) is 10.4. The summed E-state index contributed by atoms with van der Waals surface area (Å²) in [6.45, 7) is 0.681. The Morgan fingerprint density at radius 1 is 0.963 bits per heavy atom. The van der Waals surface area contributed by atoms with E-state index >= 15 is 0 Å². The summed E-state index contributed by atoms with van der Waals surface area (Å²) in [6, 6.07) is 17.0. The number of anilines is 2. The summed E-state index contributed by atoms with van der Waals surface area (Å²) in [5.74, 6) is 0.307. The van der Waals surface area contributed by atoms with Crippen molar-refractivity contribution in [3.05, 3.63) is 82.6 Å². The van der Waals surface area contributed by atoms with Gasteiger partial charge in [-0.05, 0) is 53.9 Å². The van der Waals surface area contributed by atoms with Crippen molar-refractivity contribution in [1.82, 2.24) is 10.2 Å². The molecule has 0 unspecified atom stereocenters. The lowest BCUT2D eigenvalue weighted by Crippen LogP contribution is -2.16. The minimum Gasteiger partial charge on any atom is -0.368 e. The molecule has 0 aliphatic rings. The molecule has 3 rings (SSSR count). The highest BCUT2D eigenvalue weighted by molar-refractivity contribution is 6.30. The lowest BCUT2D eigenvalue weighted by molar-refractivity contribution is -0.115. The Kier molecular flexibility index (Phi) is 6.33. The van der Waals surface area contributed by atoms with Gasteiger partial charge in [-0.2, -0.15) is 0 Å². The van der Waals surface area contributed by atoms with E-state index in [9.17, 15) is 9.18 Å². The van der Waals surface area contributed by atoms with Crippen molar-refractivity contribution >= 4 is 29.1 Å². The van der Waals surface area contributed by atoms with E-state index in [1.807, 2.05) is 24.3 Å². The van der Waals surface area contributed by atoms with Crippen LogP contribution >= 0.6 is 11.6 Å². The van der Waals surface area contributed by atoms with E-state index in [0.717, 1.165) is 12.0 Å². The van der Waals surface area contributed by atoms with Gasteiger partial charge in [-0.1, -0.05) is 35.9 Å². The van der Waals surface area contributed by atoms with Gasteiger partial charge in [0, 0.05) is 11.6 Å². The number of carbonyl (C=O) groups excluding carboxylic acids is 1. The number of hydrogen-bond acceptors (Lipinski definition) is 4. The first kappa shape index (κ1) is 18.8. The number of carbonyl (C=O) groups is 1. The van der Waals surface area contributed by atoms with Gasteiger partial charge in [-0.3, -0.25) is 4.79 Å². The maximum Gasteiger partial charge on any atom is 0.229 e. The van der Waals surface area contributed by atoms with Crippen LogP contribution in [0, 0.1) is 5.82 Å². The fourth-order valence-corrected chi connectivity index (χ4v) is 2.75. The molecular formula is C20H18ClFN4O. The predicted octanol–water partition coefficient (Wildman–Crippen LogP) is 4.10. The zero-order chi connectivity index (χ0) is 19.1. The van der Waals surface area contributed by atoms with Crippen molar-refractivity contribution in [2.24, 2.45) is 0 Å². The van der Waals surface area contributed by atoms with Crippen molar-refractivity contribution in [3.63, 3.8) is 0 Å². The molecule has 2 N–H and O–H groups in total. The summed E-state index contributed by atoms with van der Waals surface area (Å²) in [4.78, 5) is 12.0. The summed E-state index contributed by atoms with van der Waals surface area (Å²) in [5.41, 5.74) is 1.73. The van der Waals surface area contributed by atoms with E-state index in [0.29, 0.717) is 28.8 Å². The number of nitrogens with one attached hydrogen (secondary N) is 2. The molecule has 1 aromatic heterocycles. The van der Waals surface area contributed by atoms with Crippen LogP contribution in [0.5, 0.6) is 0 Å². The maximum atomic E-state index is 13.2. The summed E-state index contributed by atoms with van der Waals surface area (Å²) in [6.07, 6.45) is 0.868. The van der Waals surface area contributed by atoms with E-state index < -0.39 is 0 Å². The summed E-state index contributed by atoms with van der Waals surface area (Å²) >= 11 is 5.96. The number of benzene rings is 2. The average molecular weight is 385 g/mol. The maximum absolute atomic E-state index is 13.2. The van der Waals surface area contributed by atoms with E-state index in [1.54, 1.807) is 24.3 Å². The number of rotatable bonds is 7. The van der Waals surface area contributed by atoms with Gasteiger partial charge in [0.1, 0.15) is 11.6 Å². The molecule has 0 spiro atoms. The number of halogens is 2. The van der Waals surface area contributed by atoms with Crippen LogP contribution in [-0.2, 0) is 17.6 Å². The zero-order valence-electron chi connectivity index (χ0n) is 14.5. The minimum absolute atomic E-state index is 0.0685. The molecule has 0 radical (unpaired) electrons. The zero-order valence-corrected chi connectivity index (χ0v) is 15.2. The van der Waals surface area contributed by atoms with Gasteiger partial charge in [-0.25, -0.2) is 4.39 Å². The van der Waals surface area contributed by atoms with Crippen molar-refractivity contribution in [2.75, 3.05) is 17.2 Å². The molecule has 0 aliphatic carbocycles. The molecule has 0 saturated carbocycles. The summed E-state index contributed by atoms with van der Waals surface area (Å²) in [7, 11) is 0. The van der Waals surface area contributed by atoms with Crippen LogP contribution < -0.4 is 10.6 Å². The van der Waals surface area contributed by atoms with Crippen LogP contribution in [0.25, 0.3) is 0 Å². The van der Waals surface area contributed by atoms with E-state index in [4.69, 9.17) is 11.6 Å². The third-order valence-electron chi connectivity index (χ3n) is 3.79. The van der Waals surface area contributed by atoms with Gasteiger partial charge in [0.25, 0.3) is 0 Å². The van der Waals surface area contributed by atoms with Crippen molar-refractivity contribution < 1.29 is 9.18 Å². The van der Waals surface area contributed by atoms with Crippen molar-refractivity contribution in [1.29, 1.82) is 0 Å². The predicted molar refractivity (Wildman–Crippen MR) is 104 cm³/mol. The Labute approximate surface area is 161 Å². The third kappa shape index (κ3) is 6.04. The van der Waals surface area contributed by atoms with Gasteiger partial charge in [0.15, 0.2) is 5.82 Å². The summed E-state index contributed by atoms with van der Waals surface area (Å²) < 4.78 is 13.2. The molecule has 5 nitrogen and oxygen atoms in total. The first-order valence-corrected chi connectivity index (χ1v) is 8.82. The smallest absolute Gasteiger partial charge is 0.229 e. The van der Waals surface area contributed by atoms with Crippen LogP contribution in [0.2, 0.25) is 5.02 Å². The summed E-state index contributed by atoms with van der Waals surface area (Å²) in [5, 5.41) is 14.5. The molecule has 1 heterocycles. The van der Waals surface area contributed by atoms with E-state index in [1.165, 1.54) is 12.1 Å². The molecule has 0 atom stereocenters. The minimum atomic E-state index is -0.367. The van der Waals surface area contributed by atoms with Gasteiger partial charge in [0.05, 0.1) is 6.42 Å². The molecular weight excluding hydrogens is 367 g/mol. The van der Waals surface area contributed by atoms with Crippen LogP contribution in [0.15, 0.2) is 60.7 Å². The Morgan fingerprint density at radius 2 is 1.70 bits per heavy atom. The van der Waals surface area contributed by atoms with Crippen LogP contribution in [0.4, 0.5) is 16.0 Å². The molecule has 27 heavy (non-hydrogen) atoms. The molecule has 0 aliphatic heterocycles. The SMILES string of the molecule is O=C(Cc1cccc(F)c1)Nc1ccc(NCCc2cccc(Cl)c2)nn1. The number of nitrogens with zero attached hydrogens (tertiary/aromatic N) is 2. The van der Waals surface area contributed by atoms with Crippen molar-refractivity contribution in [3.8, 4) is 0 Å². The first-order chi connectivity index (χ1) is 13.1. The number of amides is 1. The Balaban J connectivity index is 1.47. The topological polar surface area (TPSA) is 66.9 Å². The lowest BCUT2D eigenvalue weighted by atomic mass is 10.1. The second-order valence-electron chi connectivity index (χ2n) is 5.97. The number of aromatic nitrogens is 2. The molecule has 1 amide bonds. The van der Waals surface area contributed by atoms with E-state index in [-0.39, 0.29) is 18.1 Å². The fraction of sp³-hybridized carbons (Fsp3) is 0.150. The van der Waals surface area contributed by atoms with Gasteiger partial charge < -0.3 is 10.6 Å². The second-order valence-corrected chi connectivity index (χ2v) is 6.40. The van der Waals surface area contributed by atoms with Gasteiger partial charge in [-0.15, -0.1) is 10.2 Å². The molecule has 0 bridgehead atoms. The molecule has 2 aromatic carbocycles. The van der Waals surface area contributed by atoms with Gasteiger partial charge >= 0.3 is 0 Å². The van der Waals surface area contributed by atoms with Crippen molar-refractivity contribution in [2.45, 2.75) is 12.8 Å². The molecule has 0 fully saturated rings. The largest absolute Gasteiger partial charge is 0.368 e. The highest BCUT2D eigenvalue weighted by Crippen LogP contribution is 2.12. The highest BCUT2D eigenvalue weighted by Gasteiger charge is 2.06. The second kappa shape index (κ2) is 9.09. The number of hydrogen-bond donors (Lipinski definition) is 2. The Morgan fingerprint density at radius 3 is 2.44 bits per heavy atom. The molecule has 138 valence electrons. The standard InChI is InChI=1S/C20H18ClFN4O/c21-16-5-1-3-14(11-16)9-10-23-18-7-8-19(26-25-18)24-20(27)13-15-4-2-6-17(22)12-15/h1-8,11-12H,9-10,13H2,(H,23,25)(H,24,26,27). The van der Waals surface area contributed by atoms with Crippen LogP contribution in [-0.4, -0.2) is 22.6 Å². The Bertz CT molecular complexity index is 918. The monoisotopic (exact) mass is 384 g/mol. The van der Waals surface area contributed by atoms with E-state index in [2.05, 4.69) is 20.8 Å². The third-order valence-corrected chi connectivity index (χ3v) is 4.03.